The molecule has 0 bridgehead atoms. The Kier molecular flexibility index (Phi) is 5.43. The van der Waals surface area contributed by atoms with Crippen LogP contribution in [0.15, 0.2) is 42.5 Å². The highest BCUT2D eigenvalue weighted by atomic mass is 35.5. The maximum absolute atomic E-state index is 12.1. The van der Waals surface area contributed by atoms with E-state index >= 15 is 0 Å². The van der Waals surface area contributed by atoms with Crippen molar-refractivity contribution < 1.29 is 23.8 Å². The molecular weight excluding hydrogens is 358 g/mol. The zero-order valence-electron chi connectivity index (χ0n) is 14.0. The van der Waals surface area contributed by atoms with E-state index in [-0.39, 0.29) is 29.9 Å². The lowest BCUT2D eigenvalue weighted by Crippen LogP contribution is -2.09. The number of hydrogen-bond acceptors (Lipinski definition) is 5. The molecule has 0 fully saturated rings. The fourth-order valence-electron chi connectivity index (χ4n) is 2.34. The molecule has 2 aromatic rings. The number of nitrogens with one attached hydrogen (secondary N) is 1. The average molecular weight is 374 g/mol. The summed E-state index contributed by atoms with van der Waals surface area (Å²) in [4.78, 5) is 23.8. The molecule has 2 aromatic carbocycles. The van der Waals surface area contributed by atoms with Crippen LogP contribution in [0.5, 0.6) is 11.5 Å². The molecule has 0 spiro atoms. The van der Waals surface area contributed by atoms with Crippen molar-refractivity contribution in [1.82, 2.24) is 0 Å². The van der Waals surface area contributed by atoms with E-state index in [0.717, 1.165) is 5.56 Å². The van der Waals surface area contributed by atoms with Crippen LogP contribution >= 0.6 is 11.6 Å². The van der Waals surface area contributed by atoms with Crippen LogP contribution in [0.3, 0.4) is 0 Å². The highest BCUT2D eigenvalue weighted by molar-refractivity contribution is 6.34. The van der Waals surface area contributed by atoms with Gasteiger partial charge in [0.05, 0.1) is 17.2 Å². The number of carbonyl (C=O) groups excluding carboxylic acids is 2. The third-order valence-electron chi connectivity index (χ3n) is 3.56. The summed E-state index contributed by atoms with van der Waals surface area (Å²) in [6.45, 7) is 2.18. The number of ether oxygens (including phenoxy) is 3. The monoisotopic (exact) mass is 373 g/mol. The van der Waals surface area contributed by atoms with Crippen molar-refractivity contribution in [3.05, 3.63) is 58.6 Å². The number of benzene rings is 2. The second-order valence-corrected chi connectivity index (χ2v) is 5.76. The molecule has 1 aliphatic rings. The van der Waals surface area contributed by atoms with E-state index in [0.29, 0.717) is 17.2 Å². The standard InChI is InChI=1S/C19H16ClNO5/c1-2-24-19(23)14-6-5-13(10-15(14)20)21-18(22)8-4-12-3-7-16-17(9-12)26-11-25-16/h3-10H,2,11H2,1H3,(H,21,22)/b8-4+. The zero-order chi connectivity index (χ0) is 18.5. The van der Waals surface area contributed by atoms with Gasteiger partial charge in [-0.2, -0.15) is 0 Å². The third kappa shape index (κ3) is 4.15. The molecule has 1 amide bonds. The third-order valence-corrected chi connectivity index (χ3v) is 3.87. The lowest BCUT2D eigenvalue weighted by atomic mass is 10.2. The molecule has 26 heavy (non-hydrogen) atoms. The molecule has 1 N–H and O–H groups in total. The van der Waals surface area contributed by atoms with E-state index in [1.54, 1.807) is 31.2 Å². The van der Waals surface area contributed by atoms with Crippen LogP contribution in [0.2, 0.25) is 5.02 Å². The second-order valence-electron chi connectivity index (χ2n) is 5.35. The number of anilines is 1. The fourth-order valence-corrected chi connectivity index (χ4v) is 2.60. The molecular formula is C19H16ClNO5. The van der Waals surface area contributed by atoms with Crippen molar-refractivity contribution in [1.29, 1.82) is 0 Å². The van der Waals surface area contributed by atoms with E-state index < -0.39 is 5.97 Å². The molecule has 6 nitrogen and oxygen atoms in total. The largest absolute Gasteiger partial charge is 0.462 e. The van der Waals surface area contributed by atoms with Gasteiger partial charge in [0.15, 0.2) is 11.5 Å². The van der Waals surface area contributed by atoms with Gasteiger partial charge in [0, 0.05) is 11.8 Å². The summed E-state index contributed by atoms with van der Waals surface area (Å²) in [5.74, 6) is 0.498. The molecule has 134 valence electrons. The minimum atomic E-state index is -0.502. The number of carbonyl (C=O) groups is 2. The Balaban J connectivity index is 1.64. The highest BCUT2D eigenvalue weighted by Gasteiger charge is 2.13. The van der Waals surface area contributed by atoms with Crippen molar-refractivity contribution >= 4 is 35.2 Å². The number of amides is 1. The van der Waals surface area contributed by atoms with Gasteiger partial charge in [-0.05, 0) is 48.9 Å². The van der Waals surface area contributed by atoms with Gasteiger partial charge < -0.3 is 19.5 Å². The van der Waals surface area contributed by atoms with Gasteiger partial charge in [0.1, 0.15) is 0 Å². The summed E-state index contributed by atoms with van der Waals surface area (Å²) in [5, 5.41) is 2.89. The van der Waals surface area contributed by atoms with Crippen LogP contribution in [-0.4, -0.2) is 25.3 Å². The number of esters is 1. The molecule has 0 unspecified atom stereocenters. The minimum Gasteiger partial charge on any atom is -0.462 e. The van der Waals surface area contributed by atoms with Crippen LogP contribution in [0.4, 0.5) is 5.69 Å². The van der Waals surface area contributed by atoms with Crippen LogP contribution < -0.4 is 14.8 Å². The Labute approximate surface area is 155 Å². The number of rotatable bonds is 5. The van der Waals surface area contributed by atoms with Gasteiger partial charge >= 0.3 is 5.97 Å². The quantitative estimate of drug-likeness (QED) is 0.635. The van der Waals surface area contributed by atoms with Crippen LogP contribution in [0, 0.1) is 0 Å². The van der Waals surface area contributed by atoms with Gasteiger partial charge in [0.2, 0.25) is 12.7 Å². The summed E-state index contributed by atoms with van der Waals surface area (Å²) < 4.78 is 15.4. The molecule has 0 atom stereocenters. The smallest absolute Gasteiger partial charge is 0.339 e. The number of fused-ring (bicyclic) bond motifs is 1. The number of halogens is 1. The van der Waals surface area contributed by atoms with Gasteiger partial charge in [-0.1, -0.05) is 17.7 Å². The zero-order valence-corrected chi connectivity index (χ0v) is 14.7. The predicted molar refractivity (Wildman–Crippen MR) is 97.6 cm³/mol. The maximum Gasteiger partial charge on any atom is 0.339 e. The van der Waals surface area contributed by atoms with Gasteiger partial charge in [-0.3, -0.25) is 4.79 Å². The predicted octanol–water partition coefficient (Wildman–Crippen LogP) is 3.90. The lowest BCUT2D eigenvalue weighted by molar-refractivity contribution is -0.111. The summed E-state index contributed by atoms with van der Waals surface area (Å²) in [6, 6.07) is 10.00. The second kappa shape index (κ2) is 7.93. The van der Waals surface area contributed by atoms with E-state index in [9.17, 15) is 9.59 Å². The Hall–Kier alpha value is -2.99. The summed E-state index contributed by atoms with van der Waals surface area (Å²) in [5.41, 5.74) is 1.53. The summed E-state index contributed by atoms with van der Waals surface area (Å²) in [7, 11) is 0. The van der Waals surface area contributed by atoms with Crippen molar-refractivity contribution in [2.45, 2.75) is 6.92 Å². The summed E-state index contributed by atoms with van der Waals surface area (Å²) >= 11 is 6.07. The highest BCUT2D eigenvalue weighted by Crippen LogP contribution is 2.32. The Bertz CT molecular complexity index is 878. The van der Waals surface area contributed by atoms with Gasteiger partial charge in [-0.25, -0.2) is 4.79 Å². The van der Waals surface area contributed by atoms with Crippen LogP contribution in [0.25, 0.3) is 6.08 Å². The number of hydrogen-bond donors (Lipinski definition) is 1. The van der Waals surface area contributed by atoms with Crippen LogP contribution in [0.1, 0.15) is 22.8 Å². The molecule has 7 heteroatoms. The molecule has 3 rings (SSSR count). The van der Waals surface area contributed by atoms with Gasteiger partial charge in [0.25, 0.3) is 0 Å². The molecule has 1 heterocycles. The van der Waals surface area contributed by atoms with Crippen molar-refractivity contribution in [2.75, 3.05) is 18.7 Å². The van der Waals surface area contributed by atoms with Crippen molar-refractivity contribution in [3.8, 4) is 11.5 Å². The first-order chi connectivity index (χ1) is 12.6. The molecule has 1 aliphatic heterocycles. The average Bonchev–Trinajstić information content (AvgIpc) is 3.08. The molecule has 0 aliphatic carbocycles. The fraction of sp³-hybridized carbons (Fsp3) is 0.158. The summed E-state index contributed by atoms with van der Waals surface area (Å²) in [6.07, 6.45) is 3.05. The Morgan fingerprint density at radius 1 is 1.19 bits per heavy atom. The molecule has 0 saturated heterocycles. The molecule has 0 saturated carbocycles. The maximum atomic E-state index is 12.1. The SMILES string of the molecule is CCOC(=O)c1ccc(NC(=O)/C=C/c2ccc3c(c2)OCO3)cc1Cl. The first-order valence-corrected chi connectivity index (χ1v) is 8.30. The normalized spacial score (nSPS) is 12.2. The van der Waals surface area contributed by atoms with Crippen molar-refractivity contribution in [3.63, 3.8) is 0 Å². The van der Waals surface area contributed by atoms with E-state index in [4.69, 9.17) is 25.8 Å². The van der Waals surface area contributed by atoms with Crippen molar-refractivity contribution in [2.24, 2.45) is 0 Å². The van der Waals surface area contributed by atoms with E-state index in [1.165, 1.54) is 18.2 Å². The first-order valence-electron chi connectivity index (χ1n) is 7.92. The van der Waals surface area contributed by atoms with Gasteiger partial charge in [-0.15, -0.1) is 0 Å². The molecule has 0 radical (unpaired) electrons. The Morgan fingerprint density at radius 3 is 2.77 bits per heavy atom. The minimum absolute atomic E-state index is 0.200. The van der Waals surface area contributed by atoms with E-state index in [1.807, 2.05) is 6.07 Å². The Morgan fingerprint density at radius 2 is 2.00 bits per heavy atom. The first kappa shape index (κ1) is 17.8. The molecule has 0 aromatic heterocycles. The lowest BCUT2D eigenvalue weighted by Gasteiger charge is -2.07. The van der Waals surface area contributed by atoms with Crippen LogP contribution in [-0.2, 0) is 9.53 Å². The topological polar surface area (TPSA) is 73.9 Å². The van der Waals surface area contributed by atoms with E-state index in [2.05, 4.69) is 5.32 Å².